The van der Waals surface area contributed by atoms with Crippen LogP contribution in [0.2, 0.25) is 5.02 Å². The number of ether oxygens (including phenoxy) is 1. The minimum absolute atomic E-state index is 0.107. The van der Waals surface area contributed by atoms with Crippen LogP contribution in [0.15, 0.2) is 47.4 Å². The number of halogens is 1. The minimum Gasteiger partial charge on any atom is -0.437 e. The van der Waals surface area contributed by atoms with Gasteiger partial charge in [-0.3, -0.25) is 14.3 Å². The molecule has 0 unspecified atom stereocenters. The quantitative estimate of drug-likeness (QED) is 0.451. The zero-order valence-corrected chi connectivity index (χ0v) is 18.4. The van der Waals surface area contributed by atoms with Gasteiger partial charge in [-0.1, -0.05) is 16.8 Å². The number of aromatic nitrogens is 6. The molecule has 4 aromatic rings. The van der Waals surface area contributed by atoms with Crippen molar-refractivity contribution in [3.63, 3.8) is 0 Å². The number of carbonyl (C=O) groups is 2. The number of benzene rings is 1. The van der Waals surface area contributed by atoms with Gasteiger partial charge in [-0.05, 0) is 18.2 Å². The van der Waals surface area contributed by atoms with Gasteiger partial charge in [-0.15, -0.1) is 0 Å². The molecule has 0 bridgehead atoms. The van der Waals surface area contributed by atoms with Gasteiger partial charge in [-0.2, -0.15) is 10.1 Å². The SMILES string of the molecule is CN(C)C(=O)c1nc(-c2cnc(Oc3cc(Cl)cc(C(=O)Nc4ccn(C)n4)c3)cn2)no1. The summed E-state index contributed by atoms with van der Waals surface area (Å²) in [5, 5.41) is 10.8. The lowest BCUT2D eigenvalue weighted by atomic mass is 10.2. The van der Waals surface area contributed by atoms with Gasteiger partial charge in [0.1, 0.15) is 11.4 Å². The average molecular weight is 469 g/mol. The zero-order valence-electron chi connectivity index (χ0n) is 17.7. The van der Waals surface area contributed by atoms with Gasteiger partial charge in [0.25, 0.3) is 5.91 Å². The maximum Gasteiger partial charge on any atom is 0.316 e. The molecule has 0 atom stereocenters. The number of anilines is 1. The van der Waals surface area contributed by atoms with Crippen molar-refractivity contribution in [1.29, 1.82) is 0 Å². The Morgan fingerprint density at radius 1 is 1.18 bits per heavy atom. The third-order valence-corrected chi connectivity index (χ3v) is 4.40. The molecular weight excluding hydrogens is 452 g/mol. The van der Waals surface area contributed by atoms with E-state index in [2.05, 4.69) is 30.5 Å². The Kier molecular flexibility index (Phi) is 6.00. The highest BCUT2D eigenvalue weighted by molar-refractivity contribution is 6.31. The summed E-state index contributed by atoms with van der Waals surface area (Å²) in [6.07, 6.45) is 4.41. The molecule has 0 saturated carbocycles. The van der Waals surface area contributed by atoms with Gasteiger partial charge in [0, 0.05) is 44.0 Å². The largest absolute Gasteiger partial charge is 0.437 e. The van der Waals surface area contributed by atoms with Crippen LogP contribution in [-0.2, 0) is 7.05 Å². The molecule has 4 rings (SSSR count). The first-order valence-corrected chi connectivity index (χ1v) is 9.83. The summed E-state index contributed by atoms with van der Waals surface area (Å²) in [5.74, 6) is -0.0427. The number of carbonyl (C=O) groups excluding carboxylic acids is 2. The molecule has 168 valence electrons. The van der Waals surface area contributed by atoms with Crippen LogP contribution in [0.4, 0.5) is 5.82 Å². The Bertz CT molecular complexity index is 1320. The summed E-state index contributed by atoms with van der Waals surface area (Å²) in [6.45, 7) is 0. The minimum atomic E-state index is -0.425. The van der Waals surface area contributed by atoms with E-state index < -0.39 is 11.8 Å². The first-order chi connectivity index (χ1) is 15.8. The van der Waals surface area contributed by atoms with E-state index in [1.807, 2.05) is 0 Å². The van der Waals surface area contributed by atoms with Crippen LogP contribution in [-0.4, -0.2) is 60.7 Å². The average Bonchev–Trinajstić information content (AvgIpc) is 3.42. The first-order valence-electron chi connectivity index (χ1n) is 9.46. The molecular formula is C20H17ClN8O4. The van der Waals surface area contributed by atoms with Crippen molar-refractivity contribution in [1.82, 2.24) is 34.8 Å². The zero-order chi connectivity index (χ0) is 23.5. The smallest absolute Gasteiger partial charge is 0.316 e. The van der Waals surface area contributed by atoms with Crippen molar-refractivity contribution >= 4 is 29.2 Å². The molecule has 12 nitrogen and oxygen atoms in total. The molecule has 0 aliphatic heterocycles. The van der Waals surface area contributed by atoms with Crippen LogP contribution >= 0.6 is 11.6 Å². The fourth-order valence-corrected chi connectivity index (χ4v) is 2.86. The number of nitrogens with zero attached hydrogens (tertiary/aromatic N) is 7. The summed E-state index contributed by atoms with van der Waals surface area (Å²) < 4.78 is 12.2. The van der Waals surface area contributed by atoms with Crippen molar-refractivity contribution in [2.24, 2.45) is 7.05 Å². The molecule has 13 heteroatoms. The number of hydrogen-bond donors (Lipinski definition) is 1. The summed E-state index contributed by atoms with van der Waals surface area (Å²) in [5.41, 5.74) is 0.558. The van der Waals surface area contributed by atoms with Crippen LogP contribution in [0.25, 0.3) is 11.5 Å². The second-order valence-corrected chi connectivity index (χ2v) is 7.41. The molecule has 3 heterocycles. The number of amides is 2. The van der Waals surface area contributed by atoms with Crippen LogP contribution in [0, 0.1) is 0 Å². The molecule has 0 aliphatic carbocycles. The fourth-order valence-electron chi connectivity index (χ4n) is 2.63. The molecule has 0 fully saturated rings. The molecule has 0 aliphatic rings. The molecule has 1 N–H and O–H groups in total. The Labute approximate surface area is 192 Å². The lowest BCUT2D eigenvalue weighted by Crippen LogP contribution is -2.21. The van der Waals surface area contributed by atoms with Crippen LogP contribution in [0.3, 0.4) is 0 Å². The molecule has 3 aromatic heterocycles. The number of nitrogens with one attached hydrogen (secondary N) is 1. The summed E-state index contributed by atoms with van der Waals surface area (Å²) in [6, 6.07) is 6.22. The standard InChI is InChI=1S/C20H17ClN8O4/c1-28(2)20(31)19-25-17(27-33-19)14-9-23-16(10-22-14)32-13-7-11(6-12(21)8-13)18(30)24-15-4-5-29(3)26-15/h4-10H,1-3H3,(H,24,26,30). The summed E-state index contributed by atoms with van der Waals surface area (Å²) in [4.78, 5) is 38.1. The van der Waals surface area contributed by atoms with Crippen LogP contribution < -0.4 is 10.1 Å². The van der Waals surface area contributed by atoms with Gasteiger partial charge in [0.05, 0.1) is 12.4 Å². The van der Waals surface area contributed by atoms with Crippen LogP contribution in [0.1, 0.15) is 21.0 Å². The predicted molar refractivity (Wildman–Crippen MR) is 116 cm³/mol. The molecule has 33 heavy (non-hydrogen) atoms. The van der Waals surface area contributed by atoms with E-state index in [1.54, 1.807) is 38.1 Å². The monoisotopic (exact) mass is 468 g/mol. The highest BCUT2D eigenvalue weighted by atomic mass is 35.5. The van der Waals surface area contributed by atoms with Crippen LogP contribution in [0.5, 0.6) is 11.6 Å². The number of aryl methyl sites for hydroxylation is 1. The lowest BCUT2D eigenvalue weighted by molar-refractivity contribution is 0.0779. The normalized spacial score (nSPS) is 10.7. The molecule has 0 radical (unpaired) electrons. The Balaban J connectivity index is 1.48. The highest BCUT2D eigenvalue weighted by Gasteiger charge is 2.19. The fraction of sp³-hybridized carbons (Fsp3) is 0.150. The van der Waals surface area contributed by atoms with E-state index in [-0.39, 0.29) is 34.6 Å². The Morgan fingerprint density at radius 2 is 2.00 bits per heavy atom. The number of rotatable bonds is 6. The van der Waals surface area contributed by atoms with Crippen molar-refractivity contribution in [2.45, 2.75) is 0 Å². The van der Waals surface area contributed by atoms with Gasteiger partial charge in [0.15, 0.2) is 5.82 Å². The van der Waals surface area contributed by atoms with Gasteiger partial charge >= 0.3 is 11.8 Å². The van der Waals surface area contributed by atoms with E-state index >= 15 is 0 Å². The Morgan fingerprint density at radius 3 is 2.67 bits per heavy atom. The van der Waals surface area contributed by atoms with Crippen molar-refractivity contribution in [2.75, 3.05) is 19.4 Å². The maximum absolute atomic E-state index is 12.5. The highest BCUT2D eigenvalue weighted by Crippen LogP contribution is 2.26. The Hall–Kier alpha value is -4.32. The second-order valence-electron chi connectivity index (χ2n) is 6.97. The predicted octanol–water partition coefficient (Wildman–Crippen LogP) is 2.66. The second kappa shape index (κ2) is 9.04. The van der Waals surface area contributed by atoms with Gasteiger partial charge < -0.3 is 19.5 Å². The molecule has 1 aromatic carbocycles. The molecule has 0 saturated heterocycles. The number of hydrogen-bond acceptors (Lipinski definition) is 9. The van der Waals surface area contributed by atoms with Crippen molar-refractivity contribution in [3.05, 3.63) is 59.3 Å². The topological polar surface area (TPSA) is 141 Å². The van der Waals surface area contributed by atoms with Crippen molar-refractivity contribution in [3.8, 4) is 23.1 Å². The molecule has 2 amide bonds. The van der Waals surface area contributed by atoms with E-state index in [0.29, 0.717) is 10.8 Å². The first kappa shape index (κ1) is 21.9. The van der Waals surface area contributed by atoms with Gasteiger partial charge in [-0.25, -0.2) is 9.97 Å². The van der Waals surface area contributed by atoms with Crippen molar-refractivity contribution < 1.29 is 18.8 Å². The summed E-state index contributed by atoms with van der Waals surface area (Å²) in [7, 11) is 4.89. The third-order valence-electron chi connectivity index (χ3n) is 4.18. The van der Waals surface area contributed by atoms with Gasteiger partial charge in [0.2, 0.25) is 11.7 Å². The van der Waals surface area contributed by atoms with E-state index in [4.69, 9.17) is 20.9 Å². The van der Waals surface area contributed by atoms with E-state index in [1.165, 1.54) is 35.5 Å². The maximum atomic E-state index is 12.5. The lowest BCUT2D eigenvalue weighted by Gasteiger charge is -2.08. The molecule has 0 spiro atoms. The van der Waals surface area contributed by atoms with E-state index in [0.717, 1.165) is 0 Å². The third kappa shape index (κ3) is 5.13. The van der Waals surface area contributed by atoms with E-state index in [9.17, 15) is 9.59 Å². The summed E-state index contributed by atoms with van der Waals surface area (Å²) >= 11 is 6.15.